The molecule has 0 unspecified atom stereocenters. The Bertz CT molecular complexity index is 1070. The first kappa shape index (κ1) is 16.3. The fourth-order valence-corrected chi connectivity index (χ4v) is 3.70. The van der Waals surface area contributed by atoms with Crippen LogP contribution in [-0.2, 0) is 0 Å². The van der Waals surface area contributed by atoms with E-state index in [0.717, 1.165) is 26.6 Å². The van der Waals surface area contributed by atoms with Gasteiger partial charge in [0.05, 0.1) is 16.2 Å². The van der Waals surface area contributed by atoms with Crippen LogP contribution in [-0.4, -0.2) is 15.9 Å². The molecule has 0 aliphatic heterocycles. The molecule has 0 bridgehead atoms. The number of thiazole rings is 1. The number of H-pyrrole nitrogens is 1. The van der Waals surface area contributed by atoms with Crippen LogP contribution < -0.4 is 5.32 Å². The van der Waals surface area contributed by atoms with Crippen LogP contribution in [0.25, 0.3) is 22.2 Å². The van der Waals surface area contributed by atoms with Crippen molar-refractivity contribution in [1.82, 2.24) is 9.97 Å². The van der Waals surface area contributed by atoms with Gasteiger partial charge in [0.25, 0.3) is 5.91 Å². The van der Waals surface area contributed by atoms with Gasteiger partial charge in [0.1, 0.15) is 5.69 Å². The highest BCUT2D eigenvalue weighted by Crippen LogP contribution is 2.27. The summed E-state index contributed by atoms with van der Waals surface area (Å²) in [7, 11) is 0. The maximum atomic E-state index is 12.5. The highest BCUT2D eigenvalue weighted by molar-refractivity contribution is 9.10. The maximum absolute atomic E-state index is 12.5. The van der Waals surface area contributed by atoms with Crippen molar-refractivity contribution in [2.45, 2.75) is 0 Å². The van der Waals surface area contributed by atoms with Crippen LogP contribution in [0.15, 0.2) is 58.4 Å². The van der Waals surface area contributed by atoms with Gasteiger partial charge in [-0.15, -0.1) is 11.3 Å². The van der Waals surface area contributed by atoms with Crippen molar-refractivity contribution in [2.24, 2.45) is 0 Å². The SMILES string of the molecule is O=C(Nc1nc(-c2ccc(Br)cc2)cs1)c1cc2cccc(Cl)c2[nH]1. The summed E-state index contributed by atoms with van der Waals surface area (Å²) in [6.07, 6.45) is 0. The Kier molecular flexibility index (Phi) is 4.33. The summed E-state index contributed by atoms with van der Waals surface area (Å²) < 4.78 is 1.01. The summed E-state index contributed by atoms with van der Waals surface area (Å²) in [6.45, 7) is 0. The molecule has 2 aromatic carbocycles. The number of rotatable bonds is 3. The lowest BCUT2D eigenvalue weighted by atomic mass is 10.2. The minimum Gasteiger partial charge on any atom is -0.349 e. The van der Waals surface area contributed by atoms with Crippen LogP contribution in [0.1, 0.15) is 10.5 Å². The lowest BCUT2D eigenvalue weighted by Crippen LogP contribution is -2.11. The largest absolute Gasteiger partial charge is 0.349 e. The Balaban J connectivity index is 1.56. The van der Waals surface area contributed by atoms with Gasteiger partial charge >= 0.3 is 0 Å². The van der Waals surface area contributed by atoms with Gasteiger partial charge in [-0.1, -0.05) is 51.8 Å². The fourth-order valence-electron chi connectivity index (χ4n) is 2.49. The average molecular weight is 433 g/mol. The van der Waals surface area contributed by atoms with Crippen molar-refractivity contribution in [2.75, 3.05) is 5.32 Å². The van der Waals surface area contributed by atoms with Gasteiger partial charge in [0, 0.05) is 20.8 Å². The van der Waals surface area contributed by atoms with E-state index in [9.17, 15) is 4.79 Å². The zero-order chi connectivity index (χ0) is 17.4. The molecule has 0 atom stereocenters. The molecule has 25 heavy (non-hydrogen) atoms. The first-order valence-corrected chi connectivity index (χ1v) is 9.45. The molecule has 7 heteroatoms. The first-order chi connectivity index (χ1) is 12.1. The molecule has 0 aliphatic carbocycles. The minimum absolute atomic E-state index is 0.246. The number of aromatic amines is 1. The second kappa shape index (κ2) is 6.63. The third-order valence-corrected chi connectivity index (χ3v) is 5.32. The summed E-state index contributed by atoms with van der Waals surface area (Å²) in [5.74, 6) is -0.246. The highest BCUT2D eigenvalue weighted by Gasteiger charge is 2.13. The van der Waals surface area contributed by atoms with E-state index < -0.39 is 0 Å². The number of anilines is 1. The van der Waals surface area contributed by atoms with E-state index in [1.165, 1.54) is 11.3 Å². The van der Waals surface area contributed by atoms with Crippen molar-refractivity contribution < 1.29 is 4.79 Å². The smallest absolute Gasteiger partial charge is 0.273 e. The normalized spacial score (nSPS) is 11.0. The molecular weight excluding hydrogens is 422 g/mol. The minimum atomic E-state index is -0.246. The van der Waals surface area contributed by atoms with Crippen molar-refractivity contribution >= 4 is 60.8 Å². The fraction of sp³-hybridized carbons (Fsp3) is 0. The van der Waals surface area contributed by atoms with E-state index in [1.54, 1.807) is 12.1 Å². The summed E-state index contributed by atoms with van der Waals surface area (Å²) in [5.41, 5.74) is 3.03. The Morgan fingerprint density at radius 3 is 2.76 bits per heavy atom. The third-order valence-electron chi connectivity index (χ3n) is 3.71. The van der Waals surface area contributed by atoms with Gasteiger partial charge < -0.3 is 4.98 Å². The first-order valence-electron chi connectivity index (χ1n) is 7.40. The number of para-hydroxylation sites is 1. The Morgan fingerprint density at radius 2 is 2.00 bits per heavy atom. The molecule has 0 aliphatic rings. The zero-order valence-electron chi connectivity index (χ0n) is 12.7. The zero-order valence-corrected chi connectivity index (χ0v) is 15.9. The van der Waals surface area contributed by atoms with Gasteiger partial charge in [-0.25, -0.2) is 4.98 Å². The van der Waals surface area contributed by atoms with Crippen LogP contribution in [0.2, 0.25) is 5.02 Å². The topological polar surface area (TPSA) is 57.8 Å². The molecule has 124 valence electrons. The van der Waals surface area contributed by atoms with Crippen LogP contribution in [0, 0.1) is 0 Å². The number of carbonyl (C=O) groups excluding carboxylic acids is 1. The van der Waals surface area contributed by atoms with E-state index in [-0.39, 0.29) is 5.91 Å². The van der Waals surface area contributed by atoms with Gasteiger partial charge in [-0.2, -0.15) is 0 Å². The Hall–Kier alpha value is -2.15. The standard InChI is InChI=1S/C18H11BrClN3OS/c19-12-6-4-10(5-7-12)15-9-25-18(22-15)23-17(24)14-8-11-2-1-3-13(20)16(11)21-14/h1-9,21H,(H,22,23,24). The predicted molar refractivity (Wildman–Crippen MR) is 107 cm³/mol. The van der Waals surface area contributed by atoms with Crippen molar-refractivity contribution in [3.05, 3.63) is 69.1 Å². The number of halogens is 2. The van der Waals surface area contributed by atoms with E-state index in [4.69, 9.17) is 11.6 Å². The molecule has 2 N–H and O–H groups in total. The van der Waals surface area contributed by atoms with Crippen LogP contribution in [0.5, 0.6) is 0 Å². The van der Waals surface area contributed by atoms with E-state index >= 15 is 0 Å². The lowest BCUT2D eigenvalue weighted by molar-refractivity contribution is 0.102. The second-order valence-corrected chi connectivity index (χ2v) is 7.57. The van der Waals surface area contributed by atoms with Crippen molar-refractivity contribution in [3.8, 4) is 11.3 Å². The maximum Gasteiger partial charge on any atom is 0.273 e. The number of hydrogen-bond donors (Lipinski definition) is 2. The molecule has 4 rings (SSSR count). The number of hydrogen-bond acceptors (Lipinski definition) is 3. The second-order valence-electron chi connectivity index (χ2n) is 5.39. The van der Waals surface area contributed by atoms with E-state index in [1.807, 2.05) is 41.8 Å². The monoisotopic (exact) mass is 431 g/mol. The third kappa shape index (κ3) is 3.33. The molecule has 0 radical (unpaired) electrons. The molecular formula is C18H11BrClN3OS. The highest BCUT2D eigenvalue weighted by atomic mass is 79.9. The molecule has 2 aromatic heterocycles. The molecule has 4 nitrogen and oxygen atoms in total. The average Bonchev–Trinajstić information content (AvgIpc) is 3.23. The summed E-state index contributed by atoms with van der Waals surface area (Å²) in [4.78, 5) is 20.0. The molecule has 1 amide bonds. The van der Waals surface area contributed by atoms with Crippen LogP contribution in [0.4, 0.5) is 5.13 Å². The summed E-state index contributed by atoms with van der Waals surface area (Å²) >= 11 is 10.9. The summed E-state index contributed by atoms with van der Waals surface area (Å²) in [5, 5.41) is 6.77. The molecule has 4 aromatic rings. The molecule has 0 saturated heterocycles. The number of fused-ring (bicyclic) bond motifs is 1. The van der Waals surface area contributed by atoms with Gasteiger partial charge in [0.15, 0.2) is 5.13 Å². The number of nitrogens with zero attached hydrogens (tertiary/aromatic N) is 1. The Morgan fingerprint density at radius 1 is 1.20 bits per heavy atom. The van der Waals surface area contributed by atoms with E-state index in [2.05, 4.69) is 31.2 Å². The Labute approximate surface area is 161 Å². The van der Waals surface area contributed by atoms with Crippen molar-refractivity contribution in [3.63, 3.8) is 0 Å². The number of nitrogens with one attached hydrogen (secondary N) is 2. The number of carbonyl (C=O) groups is 1. The summed E-state index contributed by atoms with van der Waals surface area (Å²) in [6, 6.07) is 15.2. The van der Waals surface area contributed by atoms with E-state index in [0.29, 0.717) is 15.8 Å². The quantitative estimate of drug-likeness (QED) is 0.419. The number of amides is 1. The van der Waals surface area contributed by atoms with Gasteiger partial charge in [-0.05, 0) is 24.3 Å². The molecule has 2 heterocycles. The van der Waals surface area contributed by atoms with Crippen LogP contribution in [0.3, 0.4) is 0 Å². The molecule has 0 saturated carbocycles. The molecule has 0 fully saturated rings. The lowest BCUT2D eigenvalue weighted by Gasteiger charge is -1.99. The van der Waals surface area contributed by atoms with Crippen molar-refractivity contribution in [1.29, 1.82) is 0 Å². The number of aromatic nitrogens is 2. The molecule has 0 spiro atoms. The van der Waals surface area contributed by atoms with Gasteiger partial charge in [-0.3, -0.25) is 10.1 Å². The van der Waals surface area contributed by atoms with Crippen LogP contribution >= 0.6 is 38.9 Å². The van der Waals surface area contributed by atoms with Gasteiger partial charge in [0.2, 0.25) is 0 Å². The predicted octanol–water partition coefficient (Wildman–Crippen LogP) is 5.96. The number of benzene rings is 2.